The molecule has 0 spiro atoms. The summed E-state index contributed by atoms with van der Waals surface area (Å²) < 4.78 is 0. The lowest BCUT2D eigenvalue weighted by Crippen LogP contribution is -2.38. The molecule has 0 bridgehead atoms. The van der Waals surface area contributed by atoms with Crippen molar-refractivity contribution in [3.8, 4) is 11.1 Å². The van der Waals surface area contributed by atoms with E-state index in [1.54, 1.807) is 25.1 Å². The lowest BCUT2D eigenvalue weighted by atomic mass is 9.98. The summed E-state index contributed by atoms with van der Waals surface area (Å²) in [6.07, 6.45) is 0.270. The molecule has 132 valence electrons. The zero-order valence-corrected chi connectivity index (χ0v) is 15.7. The van der Waals surface area contributed by atoms with Gasteiger partial charge < -0.3 is 10.2 Å². The van der Waals surface area contributed by atoms with Crippen LogP contribution < -0.4 is 5.32 Å². The largest absolute Gasteiger partial charge is 0.359 e. The number of nitrogens with one attached hydrogen (secondary N) is 1. The molecule has 0 radical (unpaired) electrons. The molecule has 25 heavy (non-hydrogen) atoms. The SMILES string of the molecule is CNC(=O)C[C@@H](C)N(C)C(=O)c1cccc(-c2cccc(Cl)c2C)c1. The summed E-state index contributed by atoms with van der Waals surface area (Å²) in [4.78, 5) is 25.9. The first-order chi connectivity index (χ1) is 11.8. The summed E-state index contributed by atoms with van der Waals surface area (Å²) in [5.41, 5.74) is 3.51. The molecular weight excluding hydrogens is 336 g/mol. The second-order valence-electron chi connectivity index (χ2n) is 6.14. The van der Waals surface area contributed by atoms with E-state index in [4.69, 9.17) is 11.6 Å². The Kier molecular flexibility index (Phi) is 6.21. The van der Waals surface area contributed by atoms with Gasteiger partial charge in [0, 0.05) is 37.1 Å². The maximum absolute atomic E-state index is 12.8. The van der Waals surface area contributed by atoms with E-state index in [2.05, 4.69) is 5.32 Å². The Labute approximate surface area is 153 Å². The summed E-state index contributed by atoms with van der Waals surface area (Å²) in [6, 6.07) is 13.0. The molecule has 0 aliphatic carbocycles. The number of carbonyl (C=O) groups is 2. The minimum Gasteiger partial charge on any atom is -0.359 e. The van der Waals surface area contributed by atoms with E-state index in [9.17, 15) is 9.59 Å². The van der Waals surface area contributed by atoms with Crippen molar-refractivity contribution in [2.24, 2.45) is 0 Å². The summed E-state index contributed by atoms with van der Waals surface area (Å²) in [6.45, 7) is 3.82. The third-order valence-corrected chi connectivity index (χ3v) is 4.84. The molecular formula is C20H23ClN2O2. The predicted molar refractivity (Wildman–Crippen MR) is 102 cm³/mol. The van der Waals surface area contributed by atoms with Crippen LogP contribution in [0.15, 0.2) is 42.5 Å². The second kappa shape index (κ2) is 8.17. The number of halogens is 1. The minimum atomic E-state index is -0.191. The van der Waals surface area contributed by atoms with Crippen LogP contribution in [0.3, 0.4) is 0 Å². The fourth-order valence-electron chi connectivity index (χ4n) is 2.65. The molecule has 0 saturated carbocycles. The normalized spacial score (nSPS) is 11.7. The number of amides is 2. The van der Waals surface area contributed by atoms with Crippen LogP contribution in [0, 0.1) is 6.92 Å². The highest BCUT2D eigenvalue weighted by Crippen LogP contribution is 2.29. The quantitative estimate of drug-likeness (QED) is 0.880. The Morgan fingerprint density at radius 1 is 1.20 bits per heavy atom. The first-order valence-corrected chi connectivity index (χ1v) is 8.56. The van der Waals surface area contributed by atoms with Crippen LogP contribution in [0.1, 0.15) is 29.3 Å². The Morgan fingerprint density at radius 3 is 2.56 bits per heavy atom. The van der Waals surface area contributed by atoms with Crippen molar-refractivity contribution in [3.05, 3.63) is 58.6 Å². The maximum atomic E-state index is 12.8. The van der Waals surface area contributed by atoms with Crippen molar-refractivity contribution in [1.29, 1.82) is 0 Å². The Bertz CT molecular complexity index is 789. The maximum Gasteiger partial charge on any atom is 0.253 e. The van der Waals surface area contributed by atoms with Crippen molar-refractivity contribution < 1.29 is 9.59 Å². The van der Waals surface area contributed by atoms with Gasteiger partial charge in [-0.15, -0.1) is 0 Å². The number of carbonyl (C=O) groups excluding carboxylic acids is 2. The average Bonchev–Trinajstić information content (AvgIpc) is 2.62. The number of rotatable bonds is 5. The van der Waals surface area contributed by atoms with Gasteiger partial charge in [-0.05, 0) is 48.7 Å². The van der Waals surface area contributed by atoms with E-state index in [0.717, 1.165) is 16.7 Å². The molecule has 0 aromatic heterocycles. The Morgan fingerprint density at radius 2 is 1.88 bits per heavy atom. The molecule has 4 nitrogen and oxygen atoms in total. The second-order valence-corrected chi connectivity index (χ2v) is 6.54. The van der Waals surface area contributed by atoms with Gasteiger partial charge in [-0.2, -0.15) is 0 Å². The molecule has 0 unspecified atom stereocenters. The van der Waals surface area contributed by atoms with Gasteiger partial charge in [0.05, 0.1) is 0 Å². The fourth-order valence-corrected chi connectivity index (χ4v) is 2.83. The van der Waals surface area contributed by atoms with Gasteiger partial charge in [0.15, 0.2) is 0 Å². The zero-order valence-electron chi connectivity index (χ0n) is 15.0. The van der Waals surface area contributed by atoms with Gasteiger partial charge in [0.25, 0.3) is 5.91 Å². The molecule has 0 fully saturated rings. The van der Waals surface area contributed by atoms with Crippen LogP contribution in [0.5, 0.6) is 0 Å². The van der Waals surface area contributed by atoms with Crippen molar-refractivity contribution in [2.45, 2.75) is 26.3 Å². The molecule has 2 rings (SSSR count). The van der Waals surface area contributed by atoms with Crippen LogP contribution >= 0.6 is 11.6 Å². The molecule has 0 aliphatic rings. The highest BCUT2D eigenvalue weighted by atomic mass is 35.5. The predicted octanol–water partition coefficient (Wildman–Crippen LogP) is 3.91. The summed E-state index contributed by atoms with van der Waals surface area (Å²) in [7, 11) is 3.31. The summed E-state index contributed by atoms with van der Waals surface area (Å²) in [5, 5.41) is 3.28. The van der Waals surface area contributed by atoms with Crippen LogP contribution in [-0.2, 0) is 4.79 Å². The molecule has 1 N–H and O–H groups in total. The van der Waals surface area contributed by atoms with Gasteiger partial charge in [0.1, 0.15) is 0 Å². The molecule has 2 amide bonds. The monoisotopic (exact) mass is 358 g/mol. The molecule has 0 aliphatic heterocycles. The van der Waals surface area contributed by atoms with E-state index < -0.39 is 0 Å². The third-order valence-electron chi connectivity index (χ3n) is 4.43. The van der Waals surface area contributed by atoms with E-state index in [-0.39, 0.29) is 24.3 Å². The number of hydrogen-bond donors (Lipinski definition) is 1. The molecule has 0 heterocycles. The van der Waals surface area contributed by atoms with Gasteiger partial charge in [-0.25, -0.2) is 0 Å². The molecule has 2 aromatic carbocycles. The highest BCUT2D eigenvalue weighted by molar-refractivity contribution is 6.31. The topological polar surface area (TPSA) is 49.4 Å². The standard InChI is InChI=1S/C20H23ClN2O2/c1-13(11-19(24)22-3)23(4)20(25)16-8-5-7-15(12-16)17-9-6-10-18(21)14(17)2/h5-10,12-13H,11H2,1-4H3,(H,22,24)/t13-/m1/s1. The van der Waals surface area contributed by atoms with E-state index in [1.807, 2.05) is 50.2 Å². The first kappa shape index (κ1) is 19.0. The van der Waals surface area contributed by atoms with Crippen molar-refractivity contribution in [3.63, 3.8) is 0 Å². The Balaban J connectivity index is 2.27. The van der Waals surface area contributed by atoms with Crippen LogP contribution in [0.25, 0.3) is 11.1 Å². The van der Waals surface area contributed by atoms with Gasteiger partial charge in [-0.1, -0.05) is 35.9 Å². The first-order valence-electron chi connectivity index (χ1n) is 8.18. The molecule has 2 aromatic rings. The lowest BCUT2D eigenvalue weighted by molar-refractivity contribution is -0.121. The number of nitrogens with zero attached hydrogens (tertiary/aromatic N) is 1. The van der Waals surface area contributed by atoms with Gasteiger partial charge >= 0.3 is 0 Å². The van der Waals surface area contributed by atoms with Crippen molar-refractivity contribution in [2.75, 3.05) is 14.1 Å². The molecule has 0 saturated heterocycles. The smallest absolute Gasteiger partial charge is 0.253 e. The zero-order chi connectivity index (χ0) is 18.6. The van der Waals surface area contributed by atoms with Gasteiger partial charge in [0.2, 0.25) is 5.91 Å². The third kappa shape index (κ3) is 4.40. The lowest BCUT2D eigenvalue weighted by Gasteiger charge is -2.24. The van der Waals surface area contributed by atoms with Crippen LogP contribution in [0.2, 0.25) is 5.02 Å². The summed E-state index contributed by atoms with van der Waals surface area (Å²) in [5.74, 6) is -0.201. The minimum absolute atomic E-state index is 0.0875. The Hall–Kier alpha value is -2.33. The average molecular weight is 359 g/mol. The van der Waals surface area contributed by atoms with Crippen LogP contribution in [0.4, 0.5) is 0 Å². The van der Waals surface area contributed by atoms with Crippen molar-refractivity contribution >= 4 is 23.4 Å². The fraction of sp³-hybridized carbons (Fsp3) is 0.300. The molecule has 1 atom stereocenters. The summed E-state index contributed by atoms with van der Waals surface area (Å²) >= 11 is 6.21. The molecule has 5 heteroatoms. The van der Waals surface area contributed by atoms with E-state index in [0.29, 0.717) is 10.6 Å². The van der Waals surface area contributed by atoms with Crippen LogP contribution in [-0.4, -0.2) is 36.9 Å². The van der Waals surface area contributed by atoms with E-state index in [1.165, 1.54) is 0 Å². The van der Waals surface area contributed by atoms with Crippen molar-refractivity contribution in [1.82, 2.24) is 10.2 Å². The number of benzene rings is 2. The van der Waals surface area contributed by atoms with E-state index >= 15 is 0 Å². The van der Waals surface area contributed by atoms with Gasteiger partial charge in [-0.3, -0.25) is 9.59 Å². The highest BCUT2D eigenvalue weighted by Gasteiger charge is 2.20. The number of hydrogen-bond acceptors (Lipinski definition) is 2.